The molecule has 6 nitrogen and oxygen atoms in total. The molecule has 2 unspecified atom stereocenters. The van der Waals surface area contributed by atoms with Gasteiger partial charge in [0.1, 0.15) is 6.10 Å². The van der Waals surface area contributed by atoms with E-state index in [1.54, 1.807) is 11.3 Å². The minimum atomic E-state index is -5.08. The quantitative estimate of drug-likeness (QED) is 0.676. The molecule has 2 aromatic rings. The number of aliphatic carboxylic acids is 1. The van der Waals surface area contributed by atoms with Gasteiger partial charge in [-0.05, 0) is 41.3 Å². The summed E-state index contributed by atoms with van der Waals surface area (Å²) in [5.74, 6) is -1.91. The van der Waals surface area contributed by atoms with Gasteiger partial charge in [0.2, 0.25) is 5.91 Å². The van der Waals surface area contributed by atoms with E-state index < -0.39 is 12.1 Å². The number of fused-ring (bicyclic) bond motifs is 2. The number of carboxylic acid groups (broad SMARTS) is 1. The first-order chi connectivity index (χ1) is 15.7. The third-order valence-electron chi connectivity index (χ3n) is 6.26. The Morgan fingerprint density at radius 3 is 2.58 bits per heavy atom. The van der Waals surface area contributed by atoms with Crippen LogP contribution in [0.1, 0.15) is 35.3 Å². The van der Waals surface area contributed by atoms with Crippen molar-refractivity contribution >= 4 is 23.2 Å². The predicted octanol–water partition coefficient (Wildman–Crippen LogP) is 3.91. The molecule has 1 aromatic carbocycles. The van der Waals surface area contributed by atoms with Crippen molar-refractivity contribution in [3.8, 4) is 0 Å². The van der Waals surface area contributed by atoms with Crippen LogP contribution in [0.4, 0.5) is 13.2 Å². The highest BCUT2D eigenvalue weighted by molar-refractivity contribution is 7.09. The number of carbonyl (C=O) groups excluding carboxylic acids is 1. The summed E-state index contributed by atoms with van der Waals surface area (Å²) in [4.78, 5) is 25.3. The number of carbonyl (C=O) groups is 2. The number of amides is 1. The first-order valence-electron chi connectivity index (χ1n) is 10.7. The fraction of sp³-hybridized carbons (Fsp3) is 0.478. The van der Waals surface area contributed by atoms with E-state index in [0.29, 0.717) is 13.2 Å². The van der Waals surface area contributed by atoms with E-state index in [9.17, 15) is 18.0 Å². The van der Waals surface area contributed by atoms with Gasteiger partial charge in [-0.1, -0.05) is 30.3 Å². The van der Waals surface area contributed by atoms with E-state index in [2.05, 4.69) is 34.5 Å². The van der Waals surface area contributed by atoms with Crippen molar-refractivity contribution in [2.45, 2.75) is 50.2 Å². The second-order valence-corrected chi connectivity index (χ2v) is 9.65. The monoisotopic (exact) mass is 482 g/mol. The molecule has 1 saturated heterocycles. The van der Waals surface area contributed by atoms with Crippen molar-refractivity contribution in [2.24, 2.45) is 5.92 Å². The Hall–Kier alpha value is -2.43. The Morgan fingerprint density at radius 1 is 1.21 bits per heavy atom. The molecule has 10 heteroatoms. The standard InChI is InChI=1S/C21H24N2O2S.C2HF3O2/c24-20(22-11-17-5-3-9-26-17)19-10-21(14-25-19)18-6-2-1-4-16(18)13-23(21)12-15-7-8-15;3-2(4,5)1(6)7/h1-6,9,15,19H,7-8,10-14H2,(H,22,24);(H,6,7). The van der Waals surface area contributed by atoms with Gasteiger partial charge in [0.25, 0.3) is 0 Å². The third-order valence-corrected chi connectivity index (χ3v) is 7.14. The molecule has 1 amide bonds. The van der Waals surface area contributed by atoms with Crippen LogP contribution in [-0.4, -0.2) is 47.3 Å². The topological polar surface area (TPSA) is 78.9 Å². The summed E-state index contributed by atoms with van der Waals surface area (Å²) in [6.45, 7) is 3.32. The Kier molecular flexibility index (Phi) is 6.78. The number of benzene rings is 1. The van der Waals surface area contributed by atoms with Crippen molar-refractivity contribution in [2.75, 3.05) is 13.2 Å². The van der Waals surface area contributed by atoms with Crippen LogP contribution in [0.2, 0.25) is 0 Å². The molecule has 3 aliphatic rings. The Balaban J connectivity index is 0.000000325. The maximum absolute atomic E-state index is 12.7. The molecule has 1 spiro atoms. The minimum absolute atomic E-state index is 0.0195. The summed E-state index contributed by atoms with van der Waals surface area (Å²) in [6.07, 6.45) is -2.00. The second kappa shape index (κ2) is 9.44. The summed E-state index contributed by atoms with van der Waals surface area (Å²) >= 11 is 1.67. The van der Waals surface area contributed by atoms with Gasteiger partial charge in [0.15, 0.2) is 0 Å². The molecule has 178 valence electrons. The summed E-state index contributed by atoms with van der Waals surface area (Å²) in [6, 6.07) is 12.8. The highest BCUT2D eigenvalue weighted by Gasteiger charge is 2.53. The van der Waals surface area contributed by atoms with Gasteiger partial charge in [0.05, 0.1) is 18.7 Å². The van der Waals surface area contributed by atoms with Gasteiger partial charge in [-0.25, -0.2) is 4.79 Å². The number of alkyl halides is 3. The van der Waals surface area contributed by atoms with Gasteiger partial charge < -0.3 is 15.2 Å². The van der Waals surface area contributed by atoms with Crippen LogP contribution in [0.5, 0.6) is 0 Å². The molecule has 2 N–H and O–H groups in total. The van der Waals surface area contributed by atoms with Crippen molar-refractivity contribution in [3.05, 3.63) is 57.8 Å². The highest BCUT2D eigenvalue weighted by Crippen LogP contribution is 2.48. The molecule has 1 aromatic heterocycles. The van der Waals surface area contributed by atoms with Gasteiger partial charge in [0, 0.05) is 24.4 Å². The number of carboxylic acids is 1. The number of hydrogen-bond donors (Lipinski definition) is 2. The van der Waals surface area contributed by atoms with Gasteiger partial charge in [-0.3, -0.25) is 9.69 Å². The lowest BCUT2D eigenvalue weighted by Crippen LogP contribution is -2.43. The number of hydrogen-bond acceptors (Lipinski definition) is 5. The molecular formula is C23H25F3N2O4S. The molecule has 1 saturated carbocycles. The lowest BCUT2D eigenvalue weighted by molar-refractivity contribution is -0.192. The zero-order chi connectivity index (χ0) is 23.6. The maximum Gasteiger partial charge on any atom is 0.490 e. The van der Waals surface area contributed by atoms with E-state index in [0.717, 1.165) is 25.4 Å². The molecule has 2 fully saturated rings. The molecule has 5 rings (SSSR count). The molecule has 0 bridgehead atoms. The molecule has 2 aliphatic heterocycles. The molecular weight excluding hydrogens is 457 g/mol. The van der Waals surface area contributed by atoms with Crippen molar-refractivity contribution < 1.29 is 32.6 Å². The van der Waals surface area contributed by atoms with Crippen LogP contribution in [-0.2, 0) is 33.0 Å². The predicted molar refractivity (Wildman–Crippen MR) is 115 cm³/mol. The van der Waals surface area contributed by atoms with Crippen LogP contribution >= 0.6 is 11.3 Å². The molecule has 3 heterocycles. The van der Waals surface area contributed by atoms with Crippen LogP contribution in [0.15, 0.2) is 41.8 Å². The van der Waals surface area contributed by atoms with Crippen LogP contribution in [0, 0.1) is 5.92 Å². The van der Waals surface area contributed by atoms with Crippen molar-refractivity contribution in [1.82, 2.24) is 10.2 Å². The average molecular weight is 483 g/mol. The fourth-order valence-electron chi connectivity index (χ4n) is 4.43. The van der Waals surface area contributed by atoms with E-state index in [-0.39, 0.29) is 17.6 Å². The minimum Gasteiger partial charge on any atom is -0.475 e. The SMILES string of the molecule is O=C(NCc1cccs1)C1CC2(CO1)c1ccccc1CN2CC1CC1.O=C(O)C(F)(F)F. The molecule has 0 radical (unpaired) electrons. The number of rotatable bonds is 5. The molecule has 33 heavy (non-hydrogen) atoms. The first-order valence-corrected chi connectivity index (χ1v) is 11.6. The van der Waals surface area contributed by atoms with Crippen molar-refractivity contribution in [3.63, 3.8) is 0 Å². The summed E-state index contributed by atoms with van der Waals surface area (Å²) in [7, 11) is 0. The highest BCUT2D eigenvalue weighted by atomic mass is 32.1. The fourth-order valence-corrected chi connectivity index (χ4v) is 5.08. The van der Waals surface area contributed by atoms with Gasteiger partial charge in [-0.15, -0.1) is 11.3 Å². The number of thiophene rings is 1. The number of ether oxygens (including phenoxy) is 1. The van der Waals surface area contributed by atoms with Crippen LogP contribution in [0.25, 0.3) is 0 Å². The Bertz CT molecular complexity index is 994. The zero-order valence-electron chi connectivity index (χ0n) is 17.8. The van der Waals surface area contributed by atoms with Crippen molar-refractivity contribution in [1.29, 1.82) is 0 Å². The first kappa shape index (κ1) is 23.7. The third kappa shape index (κ3) is 5.39. The summed E-state index contributed by atoms with van der Waals surface area (Å²) in [5.41, 5.74) is 2.65. The Morgan fingerprint density at radius 2 is 1.94 bits per heavy atom. The van der Waals surface area contributed by atoms with E-state index >= 15 is 0 Å². The summed E-state index contributed by atoms with van der Waals surface area (Å²) < 4.78 is 37.8. The van der Waals surface area contributed by atoms with E-state index in [1.807, 2.05) is 17.5 Å². The molecule has 2 atom stereocenters. The van der Waals surface area contributed by atoms with Crippen LogP contribution < -0.4 is 5.32 Å². The number of nitrogens with zero attached hydrogens (tertiary/aromatic N) is 1. The van der Waals surface area contributed by atoms with Gasteiger partial charge in [-0.2, -0.15) is 13.2 Å². The Labute approximate surface area is 193 Å². The number of nitrogens with one attached hydrogen (secondary N) is 1. The zero-order valence-corrected chi connectivity index (χ0v) is 18.6. The van der Waals surface area contributed by atoms with Gasteiger partial charge >= 0.3 is 12.1 Å². The average Bonchev–Trinajstić information content (AvgIpc) is 3.18. The van der Waals surface area contributed by atoms with E-state index in [1.165, 1.54) is 28.8 Å². The summed E-state index contributed by atoms with van der Waals surface area (Å²) in [5, 5.41) is 12.2. The lowest BCUT2D eigenvalue weighted by atomic mass is 9.86. The largest absolute Gasteiger partial charge is 0.490 e. The smallest absolute Gasteiger partial charge is 0.475 e. The number of halogens is 3. The molecule has 1 aliphatic carbocycles. The second-order valence-electron chi connectivity index (χ2n) is 8.62. The normalized spacial score (nSPS) is 24.3. The van der Waals surface area contributed by atoms with E-state index in [4.69, 9.17) is 14.6 Å². The maximum atomic E-state index is 12.7. The van der Waals surface area contributed by atoms with Crippen LogP contribution in [0.3, 0.4) is 0 Å². The lowest BCUT2D eigenvalue weighted by Gasteiger charge is -2.34.